The van der Waals surface area contributed by atoms with Crippen LogP contribution < -0.4 is 10.5 Å². The maximum Gasteiger partial charge on any atom is 0.335 e. The van der Waals surface area contributed by atoms with Crippen LogP contribution in [0.3, 0.4) is 0 Å². The molecule has 0 fully saturated rings. The SMILES string of the molecule is CCOc1cc(C(=O)O)cc(N)c1-c1ccccc1. The molecule has 0 aliphatic heterocycles. The van der Waals surface area contributed by atoms with Crippen LogP contribution in [0.5, 0.6) is 5.75 Å². The number of aromatic carboxylic acids is 1. The Morgan fingerprint density at radius 2 is 1.95 bits per heavy atom. The lowest BCUT2D eigenvalue weighted by Gasteiger charge is -2.14. The molecule has 0 amide bonds. The number of carboxylic acid groups (broad SMARTS) is 1. The number of hydrogen-bond donors (Lipinski definition) is 2. The van der Waals surface area contributed by atoms with Gasteiger partial charge in [-0.15, -0.1) is 0 Å². The van der Waals surface area contributed by atoms with Gasteiger partial charge in [-0.3, -0.25) is 0 Å². The highest BCUT2D eigenvalue weighted by molar-refractivity contribution is 5.93. The van der Waals surface area contributed by atoms with Crippen molar-refractivity contribution in [3.8, 4) is 16.9 Å². The molecule has 0 saturated carbocycles. The standard InChI is InChI=1S/C15H15NO3/c1-2-19-13-9-11(15(17)18)8-12(16)14(13)10-6-4-3-5-7-10/h3-9H,2,16H2,1H3,(H,17,18). The molecule has 0 saturated heterocycles. The molecule has 0 aliphatic carbocycles. The number of nitrogen functional groups attached to an aromatic ring is 1. The summed E-state index contributed by atoms with van der Waals surface area (Å²) in [5.74, 6) is -0.529. The Bertz CT molecular complexity index is 594. The van der Waals surface area contributed by atoms with Crippen molar-refractivity contribution in [2.45, 2.75) is 6.92 Å². The number of carbonyl (C=O) groups is 1. The lowest BCUT2D eigenvalue weighted by Crippen LogP contribution is -2.03. The number of ether oxygens (including phenoxy) is 1. The van der Waals surface area contributed by atoms with Crippen LogP contribution in [-0.2, 0) is 0 Å². The fourth-order valence-electron chi connectivity index (χ4n) is 1.94. The summed E-state index contributed by atoms with van der Waals surface area (Å²) in [5, 5.41) is 9.05. The molecular weight excluding hydrogens is 242 g/mol. The first-order chi connectivity index (χ1) is 9.13. The minimum Gasteiger partial charge on any atom is -0.493 e. The first-order valence-corrected chi connectivity index (χ1v) is 5.98. The lowest BCUT2D eigenvalue weighted by atomic mass is 10.0. The Morgan fingerprint density at radius 1 is 1.26 bits per heavy atom. The molecule has 2 rings (SSSR count). The van der Waals surface area contributed by atoms with Gasteiger partial charge in [0.2, 0.25) is 0 Å². The van der Waals surface area contributed by atoms with Gasteiger partial charge in [0.1, 0.15) is 5.75 Å². The second-order valence-corrected chi connectivity index (χ2v) is 4.04. The minimum atomic E-state index is -1.02. The van der Waals surface area contributed by atoms with E-state index in [1.54, 1.807) is 0 Å². The van der Waals surface area contributed by atoms with Crippen molar-refractivity contribution in [1.29, 1.82) is 0 Å². The fraction of sp³-hybridized carbons (Fsp3) is 0.133. The first kappa shape index (κ1) is 13.0. The van der Waals surface area contributed by atoms with E-state index >= 15 is 0 Å². The van der Waals surface area contributed by atoms with Gasteiger partial charge in [-0.2, -0.15) is 0 Å². The zero-order valence-corrected chi connectivity index (χ0v) is 10.6. The van der Waals surface area contributed by atoms with E-state index in [4.69, 9.17) is 15.6 Å². The summed E-state index contributed by atoms with van der Waals surface area (Å²) in [6, 6.07) is 12.5. The zero-order chi connectivity index (χ0) is 13.8. The molecule has 98 valence electrons. The Kier molecular flexibility index (Phi) is 3.71. The summed E-state index contributed by atoms with van der Waals surface area (Å²) < 4.78 is 5.52. The van der Waals surface area contributed by atoms with Crippen molar-refractivity contribution in [1.82, 2.24) is 0 Å². The number of benzene rings is 2. The number of anilines is 1. The highest BCUT2D eigenvalue weighted by Crippen LogP contribution is 2.36. The third-order valence-corrected chi connectivity index (χ3v) is 2.74. The van der Waals surface area contributed by atoms with Crippen LogP contribution in [0.1, 0.15) is 17.3 Å². The lowest BCUT2D eigenvalue weighted by molar-refractivity contribution is 0.0696. The minimum absolute atomic E-state index is 0.126. The molecule has 2 aromatic carbocycles. The topological polar surface area (TPSA) is 72.5 Å². The molecule has 0 unspecified atom stereocenters. The van der Waals surface area contributed by atoms with E-state index < -0.39 is 5.97 Å². The molecular formula is C15H15NO3. The van der Waals surface area contributed by atoms with E-state index in [2.05, 4.69) is 0 Å². The summed E-state index contributed by atoms with van der Waals surface area (Å²) >= 11 is 0. The van der Waals surface area contributed by atoms with Crippen molar-refractivity contribution in [2.24, 2.45) is 0 Å². The Morgan fingerprint density at radius 3 is 2.53 bits per heavy atom. The van der Waals surface area contributed by atoms with E-state index in [0.29, 0.717) is 18.0 Å². The monoisotopic (exact) mass is 257 g/mol. The summed E-state index contributed by atoms with van der Waals surface area (Å²) in [4.78, 5) is 11.0. The molecule has 0 aliphatic rings. The molecule has 2 aromatic rings. The van der Waals surface area contributed by atoms with E-state index in [-0.39, 0.29) is 5.56 Å². The Hall–Kier alpha value is -2.49. The quantitative estimate of drug-likeness (QED) is 0.826. The summed E-state index contributed by atoms with van der Waals surface area (Å²) in [5.41, 5.74) is 8.13. The van der Waals surface area contributed by atoms with Crippen molar-refractivity contribution < 1.29 is 14.6 Å². The highest BCUT2D eigenvalue weighted by Gasteiger charge is 2.15. The highest BCUT2D eigenvalue weighted by atomic mass is 16.5. The zero-order valence-electron chi connectivity index (χ0n) is 10.6. The Balaban J connectivity index is 2.62. The van der Waals surface area contributed by atoms with Gasteiger partial charge in [-0.05, 0) is 24.6 Å². The van der Waals surface area contributed by atoms with Crippen molar-refractivity contribution in [3.63, 3.8) is 0 Å². The maximum atomic E-state index is 11.0. The first-order valence-electron chi connectivity index (χ1n) is 5.98. The number of nitrogens with two attached hydrogens (primary N) is 1. The van der Waals surface area contributed by atoms with Crippen molar-refractivity contribution >= 4 is 11.7 Å². The van der Waals surface area contributed by atoms with Crippen molar-refractivity contribution in [3.05, 3.63) is 48.0 Å². The van der Waals surface area contributed by atoms with Gasteiger partial charge in [0.05, 0.1) is 12.2 Å². The van der Waals surface area contributed by atoms with Crippen LogP contribution in [0.25, 0.3) is 11.1 Å². The molecule has 0 heterocycles. The molecule has 0 bridgehead atoms. The maximum absolute atomic E-state index is 11.0. The van der Waals surface area contributed by atoms with Crippen molar-refractivity contribution in [2.75, 3.05) is 12.3 Å². The predicted octanol–water partition coefficient (Wildman–Crippen LogP) is 3.03. The number of carboxylic acids is 1. The molecule has 0 atom stereocenters. The van der Waals surface area contributed by atoms with Crippen LogP contribution in [0.15, 0.2) is 42.5 Å². The largest absolute Gasteiger partial charge is 0.493 e. The second kappa shape index (κ2) is 5.44. The van der Waals surface area contributed by atoms with Gasteiger partial charge in [-0.25, -0.2) is 4.79 Å². The van der Waals surface area contributed by atoms with Crippen LogP contribution in [0.4, 0.5) is 5.69 Å². The fourth-order valence-corrected chi connectivity index (χ4v) is 1.94. The molecule has 0 spiro atoms. The molecule has 0 radical (unpaired) electrons. The van der Waals surface area contributed by atoms with Crippen LogP contribution in [0.2, 0.25) is 0 Å². The smallest absolute Gasteiger partial charge is 0.335 e. The molecule has 4 heteroatoms. The van der Waals surface area contributed by atoms with Gasteiger partial charge in [0, 0.05) is 11.3 Å². The predicted molar refractivity (Wildman–Crippen MR) is 74.4 cm³/mol. The van der Waals surface area contributed by atoms with Gasteiger partial charge in [-0.1, -0.05) is 30.3 Å². The molecule has 3 N–H and O–H groups in total. The van der Waals surface area contributed by atoms with Gasteiger partial charge < -0.3 is 15.6 Å². The van der Waals surface area contributed by atoms with E-state index in [0.717, 1.165) is 11.1 Å². The average Bonchev–Trinajstić information content (AvgIpc) is 2.39. The summed E-state index contributed by atoms with van der Waals surface area (Å²) in [6.07, 6.45) is 0. The van der Waals surface area contributed by atoms with Crippen LogP contribution >= 0.6 is 0 Å². The van der Waals surface area contributed by atoms with Gasteiger partial charge in [0.15, 0.2) is 0 Å². The summed E-state index contributed by atoms with van der Waals surface area (Å²) in [6.45, 7) is 2.29. The van der Waals surface area contributed by atoms with E-state index in [1.807, 2.05) is 37.3 Å². The normalized spacial score (nSPS) is 10.2. The van der Waals surface area contributed by atoms with Gasteiger partial charge in [0.25, 0.3) is 0 Å². The molecule has 19 heavy (non-hydrogen) atoms. The molecule has 0 aromatic heterocycles. The van der Waals surface area contributed by atoms with E-state index in [9.17, 15) is 4.79 Å². The van der Waals surface area contributed by atoms with Crippen LogP contribution in [0, 0.1) is 0 Å². The molecule has 4 nitrogen and oxygen atoms in total. The third kappa shape index (κ3) is 2.68. The third-order valence-electron chi connectivity index (χ3n) is 2.74. The number of hydrogen-bond acceptors (Lipinski definition) is 3. The average molecular weight is 257 g/mol. The second-order valence-electron chi connectivity index (χ2n) is 4.04. The van der Waals surface area contributed by atoms with Crippen LogP contribution in [-0.4, -0.2) is 17.7 Å². The summed E-state index contributed by atoms with van der Waals surface area (Å²) in [7, 11) is 0. The Labute approximate surface area is 111 Å². The van der Waals surface area contributed by atoms with E-state index in [1.165, 1.54) is 12.1 Å². The number of rotatable bonds is 4. The van der Waals surface area contributed by atoms with Gasteiger partial charge >= 0.3 is 5.97 Å².